The van der Waals surface area contributed by atoms with E-state index >= 15 is 0 Å². The van der Waals surface area contributed by atoms with Crippen molar-refractivity contribution in [3.05, 3.63) is 59.7 Å². The number of amides is 2. The maximum absolute atomic E-state index is 12.6. The molecule has 1 fully saturated rings. The molecule has 0 unspecified atom stereocenters. The summed E-state index contributed by atoms with van der Waals surface area (Å²) in [6.07, 6.45) is 3.46. The average molecular weight is 393 g/mol. The summed E-state index contributed by atoms with van der Waals surface area (Å²) in [5.74, 6) is 0.781. The molecule has 0 spiro atoms. The summed E-state index contributed by atoms with van der Waals surface area (Å²) in [5, 5.41) is 7.08. The van der Waals surface area contributed by atoms with Crippen LogP contribution in [0.1, 0.15) is 21.7 Å². The van der Waals surface area contributed by atoms with Crippen molar-refractivity contribution in [2.24, 2.45) is 0 Å². The monoisotopic (exact) mass is 393 g/mol. The molecule has 9 nitrogen and oxygen atoms in total. The fraction of sp³-hybridized carbons (Fsp3) is 0.350. The third-order valence-corrected chi connectivity index (χ3v) is 4.96. The Morgan fingerprint density at radius 3 is 2.59 bits per heavy atom. The molecule has 9 heteroatoms. The van der Waals surface area contributed by atoms with E-state index in [1.54, 1.807) is 23.0 Å². The van der Waals surface area contributed by atoms with E-state index in [0.29, 0.717) is 23.7 Å². The molecule has 2 aromatic heterocycles. The van der Waals surface area contributed by atoms with E-state index in [9.17, 15) is 9.59 Å². The molecule has 0 bridgehead atoms. The number of benzene rings is 1. The van der Waals surface area contributed by atoms with Crippen molar-refractivity contribution in [1.82, 2.24) is 34.7 Å². The summed E-state index contributed by atoms with van der Waals surface area (Å²) in [4.78, 5) is 37.2. The van der Waals surface area contributed by atoms with Crippen LogP contribution in [0.2, 0.25) is 0 Å². The minimum absolute atomic E-state index is 0.0558. The predicted molar refractivity (Wildman–Crippen MR) is 106 cm³/mol. The number of carbonyl (C=O) groups excluding carboxylic acids is 2. The molecule has 1 saturated heterocycles. The van der Waals surface area contributed by atoms with Gasteiger partial charge in [-0.05, 0) is 30.8 Å². The van der Waals surface area contributed by atoms with Crippen LogP contribution >= 0.6 is 0 Å². The third-order valence-electron chi connectivity index (χ3n) is 4.96. The first-order valence-corrected chi connectivity index (χ1v) is 9.58. The number of fused-ring (bicyclic) bond motifs is 1. The van der Waals surface area contributed by atoms with Crippen LogP contribution in [-0.4, -0.2) is 74.4 Å². The van der Waals surface area contributed by atoms with Gasteiger partial charge < -0.3 is 15.1 Å². The Bertz CT molecular complexity index is 974. The Hall–Kier alpha value is -3.33. The second-order valence-electron chi connectivity index (χ2n) is 7.14. The Morgan fingerprint density at radius 1 is 1.10 bits per heavy atom. The van der Waals surface area contributed by atoms with E-state index < -0.39 is 0 Å². The minimum atomic E-state index is -0.168. The topological polar surface area (TPSA) is 95.7 Å². The van der Waals surface area contributed by atoms with Crippen molar-refractivity contribution in [2.45, 2.75) is 13.0 Å². The van der Waals surface area contributed by atoms with E-state index in [1.807, 2.05) is 29.2 Å². The largest absolute Gasteiger partial charge is 0.352 e. The van der Waals surface area contributed by atoms with Gasteiger partial charge in [-0.2, -0.15) is 4.98 Å². The van der Waals surface area contributed by atoms with Crippen LogP contribution in [-0.2, 0) is 17.8 Å². The second kappa shape index (κ2) is 8.36. The molecule has 1 aliphatic rings. The first kappa shape index (κ1) is 19.0. The van der Waals surface area contributed by atoms with Crippen LogP contribution in [0.4, 0.5) is 0 Å². The van der Waals surface area contributed by atoms with Crippen LogP contribution in [0.25, 0.3) is 5.78 Å². The number of piperazine rings is 1. The molecule has 1 aromatic carbocycles. The minimum Gasteiger partial charge on any atom is -0.352 e. The molecule has 29 heavy (non-hydrogen) atoms. The molecule has 1 aliphatic heterocycles. The fourth-order valence-corrected chi connectivity index (χ4v) is 3.21. The highest BCUT2D eigenvalue weighted by atomic mass is 16.2. The van der Waals surface area contributed by atoms with Gasteiger partial charge in [0.1, 0.15) is 0 Å². The lowest BCUT2D eigenvalue weighted by Gasteiger charge is -2.32. The number of hydrogen-bond acceptors (Lipinski definition) is 6. The summed E-state index contributed by atoms with van der Waals surface area (Å²) in [5.41, 5.74) is 1.60. The van der Waals surface area contributed by atoms with Crippen molar-refractivity contribution in [3.8, 4) is 0 Å². The second-order valence-corrected chi connectivity index (χ2v) is 7.14. The first-order chi connectivity index (χ1) is 14.1. The Morgan fingerprint density at radius 2 is 1.86 bits per heavy atom. The molecular weight excluding hydrogens is 370 g/mol. The molecule has 0 atom stereocenters. The standard InChI is InChI=1S/C20H23N7O2/c1-25-9-11-26(12-10-25)19(29)16-5-3-15(4-6-16)14-22-18(28)13-17-23-20-21-7-2-8-27(20)24-17/h2-8H,9-14H2,1H3,(H,22,28). The summed E-state index contributed by atoms with van der Waals surface area (Å²) in [6.45, 7) is 3.67. The Balaban J connectivity index is 1.29. The van der Waals surface area contributed by atoms with Crippen LogP contribution in [0.5, 0.6) is 0 Å². The smallest absolute Gasteiger partial charge is 0.253 e. The summed E-state index contributed by atoms with van der Waals surface area (Å²) in [7, 11) is 2.06. The SMILES string of the molecule is CN1CCN(C(=O)c2ccc(CNC(=O)Cc3nc4ncccn4n3)cc2)CC1. The highest BCUT2D eigenvalue weighted by molar-refractivity contribution is 5.94. The van der Waals surface area contributed by atoms with Crippen molar-refractivity contribution in [3.63, 3.8) is 0 Å². The zero-order valence-electron chi connectivity index (χ0n) is 16.3. The fourth-order valence-electron chi connectivity index (χ4n) is 3.21. The number of nitrogens with one attached hydrogen (secondary N) is 1. The maximum atomic E-state index is 12.6. The molecule has 3 heterocycles. The molecule has 4 rings (SSSR count). The molecule has 150 valence electrons. The molecule has 0 aliphatic carbocycles. The van der Waals surface area contributed by atoms with Gasteiger partial charge >= 0.3 is 0 Å². The van der Waals surface area contributed by atoms with Crippen molar-refractivity contribution in [2.75, 3.05) is 33.2 Å². The van der Waals surface area contributed by atoms with Crippen LogP contribution in [0, 0.1) is 0 Å². The van der Waals surface area contributed by atoms with Gasteiger partial charge in [0.05, 0.1) is 6.42 Å². The normalized spacial score (nSPS) is 14.9. The number of likely N-dealkylation sites (N-methyl/N-ethyl adjacent to an activating group) is 1. The highest BCUT2D eigenvalue weighted by Crippen LogP contribution is 2.10. The molecule has 0 saturated carbocycles. The zero-order chi connectivity index (χ0) is 20.2. The van der Waals surface area contributed by atoms with Gasteiger partial charge in [0.15, 0.2) is 5.82 Å². The maximum Gasteiger partial charge on any atom is 0.253 e. The Labute approximate surface area is 168 Å². The van der Waals surface area contributed by atoms with E-state index in [1.165, 1.54) is 0 Å². The van der Waals surface area contributed by atoms with Gasteiger partial charge in [0, 0.05) is 50.7 Å². The summed E-state index contributed by atoms with van der Waals surface area (Å²) in [6, 6.07) is 9.13. The predicted octanol–water partition coefficient (Wildman–Crippen LogP) is 0.371. The summed E-state index contributed by atoms with van der Waals surface area (Å²) < 4.78 is 1.54. The van der Waals surface area contributed by atoms with Gasteiger partial charge in [0.2, 0.25) is 5.91 Å². The van der Waals surface area contributed by atoms with Gasteiger partial charge in [-0.3, -0.25) is 9.59 Å². The quantitative estimate of drug-likeness (QED) is 0.673. The lowest BCUT2D eigenvalue weighted by atomic mass is 10.1. The molecule has 1 N–H and O–H groups in total. The number of hydrogen-bond donors (Lipinski definition) is 1. The van der Waals surface area contributed by atoms with E-state index in [-0.39, 0.29) is 18.2 Å². The Kier molecular flexibility index (Phi) is 5.48. The first-order valence-electron chi connectivity index (χ1n) is 9.58. The van der Waals surface area contributed by atoms with Crippen molar-refractivity contribution < 1.29 is 9.59 Å². The average Bonchev–Trinajstić information content (AvgIpc) is 3.15. The lowest BCUT2D eigenvalue weighted by molar-refractivity contribution is -0.120. The zero-order valence-corrected chi connectivity index (χ0v) is 16.3. The van der Waals surface area contributed by atoms with Crippen LogP contribution < -0.4 is 5.32 Å². The highest BCUT2D eigenvalue weighted by Gasteiger charge is 2.20. The van der Waals surface area contributed by atoms with Crippen molar-refractivity contribution in [1.29, 1.82) is 0 Å². The van der Waals surface area contributed by atoms with Crippen LogP contribution in [0.15, 0.2) is 42.7 Å². The molecule has 3 aromatic rings. The van der Waals surface area contributed by atoms with Gasteiger partial charge in [-0.15, -0.1) is 5.10 Å². The molecule has 2 amide bonds. The van der Waals surface area contributed by atoms with Gasteiger partial charge in [0.25, 0.3) is 11.7 Å². The van der Waals surface area contributed by atoms with E-state index in [0.717, 1.165) is 31.7 Å². The molecular formula is C20H23N7O2. The third kappa shape index (κ3) is 4.57. The number of nitrogens with zero attached hydrogens (tertiary/aromatic N) is 6. The van der Waals surface area contributed by atoms with Crippen LogP contribution in [0.3, 0.4) is 0 Å². The molecule has 0 radical (unpaired) electrons. The van der Waals surface area contributed by atoms with Gasteiger partial charge in [-0.1, -0.05) is 12.1 Å². The lowest BCUT2D eigenvalue weighted by Crippen LogP contribution is -2.47. The van der Waals surface area contributed by atoms with Gasteiger partial charge in [-0.25, -0.2) is 9.50 Å². The van der Waals surface area contributed by atoms with E-state index in [4.69, 9.17) is 0 Å². The number of aromatic nitrogens is 4. The van der Waals surface area contributed by atoms with E-state index in [2.05, 4.69) is 32.3 Å². The number of rotatable bonds is 5. The van der Waals surface area contributed by atoms with Crippen molar-refractivity contribution >= 4 is 17.6 Å². The summed E-state index contributed by atoms with van der Waals surface area (Å²) >= 11 is 0. The number of carbonyl (C=O) groups is 2.